The van der Waals surface area contributed by atoms with E-state index >= 15 is 0 Å². The lowest BCUT2D eigenvalue weighted by atomic mass is 10.1. The number of pyridine rings is 1. The summed E-state index contributed by atoms with van der Waals surface area (Å²) in [7, 11) is 0. The van der Waals surface area contributed by atoms with Crippen LogP contribution in [-0.4, -0.2) is 22.4 Å². The number of carbonyl (C=O) groups is 1. The number of aromatic nitrogens is 2. The van der Waals surface area contributed by atoms with Crippen molar-refractivity contribution in [3.63, 3.8) is 0 Å². The third kappa shape index (κ3) is 3.58. The largest absolute Gasteiger partial charge is 0.436 e. The van der Waals surface area contributed by atoms with Crippen LogP contribution < -0.4 is 10.6 Å². The minimum Gasteiger partial charge on any atom is -0.436 e. The van der Waals surface area contributed by atoms with E-state index < -0.39 is 0 Å². The Morgan fingerprint density at radius 1 is 0.933 bits per heavy atom. The normalized spacial score (nSPS) is 10.9. The highest BCUT2D eigenvalue weighted by Gasteiger charge is 2.10. The highest BCUT2D eigenvalue weighted by atomic mass is 16.3. The molecule has 5 aromatic rings. The molecule has 0 aliphatic rings. The maximum atomic E-state index is 12.5. The molecule has 0 atom stereocenters. The molecule has 0 aliphatic heterocycles. The van der Waals surface area contributed by atoms with Crippen LogP contribution in [0.25, 0.3) is 33.3 Å². The van der Waals surface area contributed by atoms with Gasteiger partial charge in [0, 0.05) is 34.7 Å². The smallest absolute Gasteiger partial charge is 0.243 e. The molecule has 0 spiro atoms. The van der Waals surface area contributed by atoms with Gasteiger partial charge in [0.15, 0.2) is 5.58 Å². The Bertz CT molecular complexity index is 1340. The van der Waals surface area contributed by atoms with E-state index in [4.69, 9.17) is 4.42 Å². The minimum atomic E-state index is -0.139. The van der Waals surface area contributed by atoms with Crippen molar-refractivity contribution in [2.24, 2.45) is 0 Å². The third-order valence-corrected chi connectivity index (χ3v) is 4.83. The minimum absolute atomic E-state index is 0.139. The Morgan fingerprint density at radius 3 is 2.67 bits per heavy atom. The van der Waals surface area contributed by atoms with E-state index in [2.05, 4.69) is 20.6 Å². The van der Waals surface area contributed by atoms with Crippen molar-refractivity contribution >= 4 is 39.2 Å². The van der Waals surface area contributed by atoms with Crippen molar-refractivity contribution in [1.82, 2.24) is 9.97 Å². The van der Waals surface area contributed by atoms with E-state index in [1.165, 1.54) is 0 Å². The predicted octanol–water partition coefficient (Wildman–Crippen LogP) is 5.09. The lowest BCUT2D eigenvalue weighted by molar-refractivity contribution is -0.114. The SMILES string of the molecule is O=C(CNc1cccc2ccccc12)Nc1ccc2oc(-c3ccncc3)nc2c1. The summed E-state index contributed by atoms with van der Waals surface area (Å²) in [5.74, 6) is 0.383. The Balaban J connectivity index is 1.29. The van der Waals surface area contributed by atoms with Gasteiger partial charge in [-0.1, -0.05) is 36.4 Å². The molecule has 2 aromatic heterocycles. The van der Waals surface area contributed by atoms with Crippen molar-refractivity contribution in [3.8, 4) is 11.5 Å². The average molecular weight is 394 g/mol. The van der Waals surface area contributed by atoms with Crippen LogP contribution >= 0.6 is 0 Å². The maximum absolute atomic E-state index is 12.5. The van der Waals surface area contributed by atoms with Gasteiger partial charge in [-0.15, -0.1) is 0 Å². The molecule has 5 rings (SSSR count). The first-order chi connectivity index (χ1) is 14.8. The van der Waals surface area contributed by atoms with Crippen LogP contribution in [0.15, 0.2) is 89.6 Å². The number of hydrogen-bond donors (Lipinski definition) is 2. The van der Waals surface area contributed by atoms with Crippen LogP contribution in [0, 0.1) is 0 Å². The fourth-order valence-electron chi connectivity index (χ4n) is 3.38. The molecule has 1 amide bonds. The van der Waals surface area contributed by atoms with E-state index in [9.17, 15) is 4.79 Å². The van der Waals surface area contributed by atoms with Crippen molar-refractivity contribution in [3.05, 3.63) is 85.2 Å². The summed E-state index contributed by atoms with van der Waals surface area (Å²) in [5.41, 5.74) is 3.79. The van der Waals surface area contributed by atoms with Gasteiger partial charge in [-0.25, -0.2) is 4.98 Å². The number of amides is 1. The van der Waals surface area contributed by atoms with Gasteiger partial charge in [-0.3, -0.25) is 9.78 Å². The lowest BCUT2D eigenvalue weighted by Gasteiger charge is -2.10. The van der Waals surface area contributed by atoms with E-state index in [0.717, 1.165) is 22.0 Å². The number of nitrogens with one attached hydrogen (secondary N) is 2. The summed E-state index contributed by atoms with van der Waals surface area (Å²) in [5, 5.41) is 8.34. The monoisotopic (exact) mass is 394 g/mol. The molecule has 0 saturated carbocycles. The van der Waals surface area contributed by atoms with Gasteiger partial charge in [0.25, 0.3) is 0 Å². The van der Waals surface area contributed by atoms with Gasteiger partial charge < -0.3 is 15.1 Å². The van der Waals surface area contributed by atoms with Crippen molar-refractivity contribution in [2.45, 2.75) is 0 Å². The van der Waals surface area contributed by atoms with E-state index in [0.29, 0.717) is 22.7 Å². The van der Waals surface area contributed by atoms with Crippen LogP contribution in [-0.2, 0) is 4.79 Å². The van der Waals surface area contributed by atoms with Crippen molar-refractivity contribution < 1.29 is 9.21 Å². The molecule has 0 fully saturated rings. The summed E-state index contributed by atoms with van der Waals surface area (Å²) in [4.78, 5) is 21.0. The Hall–Kier alpha value is -4.19. The van der Waals surface area contributed by atoms with Crippen LogP contribution in [0.4, 0.5) is 11.4 Å². The molecule has 2 heterocycles. The molecule has 0 saturated heterocycles. The predicted molar refractivity (Wildman–Crippen MR) is 118 cm³/mol. The zero-order chi connectivity index (χ0) is 20.3. The van der Waals surface area contributed by atoms with E-state index in [-0.39, 0.29) is 12.5 Å². The molecular formula is C24H18N4O2. The van der Waals surface area contributed by atoms with Crippen LogP contribution in [0.3, 0.4) is 0 Å². The summed E-state index contributed by atoms with van der Waals surface area (Å²) in [6.07, 6.45) is 3.39. The first-order valence-electron chi connectivity index (χ1n) is 9.59. The standard InChI is InChI=1S/C24H18N4O2/c29-23(15-26-20-7-3-5-16-4-1-2-6-19(16)20)27-18-8-9-22-21(14-18)28-24(30-22)17-10-12-25-13-11-17/h1-14,26H,15H2,(H,27,29). The molecule has 30 heavy (non-hydrogen) atoms. The molecule has 0 radical (unpaired) electrons. The van der Waals surface area contributed by atoms with Crippen LogP contribution in [0.5, 0.6) is 0 Å². The van der Waals surface area contributed by atoms with Gasteiger partial charge in [-0.05, 0) is 41.8 Å². The van der Waals surface area contributed by atoms with Crippen molar-refractivity contribution in [2.75, 3.05) is 17.2 Å². The van der Waals surface area contributed by atoms with Gasteiger partial charge in [0.1, 0.15) is 5.52 Å². The molecule has 3 aromatic carbocycles. The summed E-state index contributed by atoms with van der Waals surface area (Å²) < 4.78 is 5.80. The van der Waals surface area contributed by atoms with Gasteiger partial charge in [-0.2, -0.15) is 0 Å². The molecule has 146 valence electrons. The number of rotatable bonds is 5. The number of hydrogen-bond acceptors (Lipinski definition) is 5. The number of fused-ring (bicyclic) bond motifs is 2. The van der Waals surface area contributed by atoms with Gasteiger partial charge in [0.2, 0.25) is 11.8 Å². The van der Waals surface area contributed by atoms with E-state index in [1.54, 1.807) is 30.6 Å². The molecule has 2 N–H and O–H groups in total. The summed E-state index contributed by atoms with van der Waals surface area (Å²) in [6.45, 7) is 0.160. The molecule has 0 aliphatic carbocycles. The molecule has 6 nitrogen and oxygen atoms in total. The highest BCUT2D eigenvalue weighted by molar-refractivity contribution is 5.98. The van der Waals surface area contributed by atoms with Crippen molar-refractivity contribution in [1.29, 1.82) is 0 Å². The summed E-state index contributed by atoms with van der Waals surface area (Å²) in [6, 6.07) is 23.2. The van der Waals surface area contributed by atoms with Gasteiger partial charge >= 0.3 is 0 Å². The highest BCUT2D eigenvalue weighted by Crippen LogP contribution is 2.26. The maximum Gasteiger partial charge on any atom is 0.243 e. The van der Waals surface area contributed by atoms with Crippen LogP contribution in [0.2, 0.25) is 0 Å². The first kappa shape index (κ1) is 17.9. The molecule has 6 heteroatoms. The lowest BCUT2D eigenvalue weighted by Crippen LogP contribution is -2.21. The molecular weight excluding hydrogens is 376 g/mol. The second-order valence-corrected chi connectivity index (χ2v) is 6.87. The molecule has 0 unspecified atom stereocenters. The fourth-order valence-corrected chi connectivity index (χ4v) is 3.38. The topological polar surface area (TPSA) is 80.0 Å². The fraction of sp³-hybridized carbons (Fsp3) is 0.0417. The number of anilines is 2. The third-order valence-electron chi connectivity index (χ3n) is 4.83. The Kier molecular flexibility index (Phi) is 4.57. The summed E-state index contributed by atoms with van der Waals surface area (Å²) >= 11 is 0. The number of nitrogens with zero attached hydrogens (tertiary/aromatic N) is 2. The Labute approximate surface area is 172 Å². The quantitative estimate of drug-likeness (QED) is 0.434. The Morgan fingerprint density at radius 2 is 1.77 bits per heavy atom. The average Bonchev–Trinajstić information content (AvgIpc) is 3.22. The zero-order valence-corrected chi connectivity index (χ0v) is 16.0. The second kappa shape index (κ2) is 7.67. The van der Waals surface area contributed by atoms with Gasteiger partial charge in [0.05, 0.1) is 6.54 Å². The van der Waals surface area contributed by atoms with Crippen LogP contribution in [0.1, 0.15) is 0 Å². The first-order valence-corrected chi connectivity index (χ1v) is 9.59. The van der Waals surface area contributed by atoms with E-state index in [1.807, 2.05) is 54.6 Å². The number of oxazole rings is 1. The number of benzene rings is 3. The second-order valence-electron chi connectivity index (χ2n) is 6.87. The number of carbonyl (C=O) groups excluding carboxylic acids is 1. The zero-order valence-electron chi connectivity index (χ0n) is 16.0. The molecule has 0 bridgehead atoms.